The minimum atomic E-state index is 0.859. The summed E-state index contributed by atoms with van der Waals surface area (Å²) in [6, 6.07) is 0. The Kier molecular flexibility index (Phi) is 7.07. The number of aryl methyl sites for hydroxylation is 2. The van der Waals surface area contributed by atoms with Gasteiger partial charge >= 0.3 is 0 Å². The lowest BCUT2D eigenvalue weighted by atomic mass is 10.2. The molecule has 0 radical (unpaired) electrons. The summed E-state index contributed by atoms with van der Waals surface area (Å²) in [7, 11) is 0. The first-order valence-corrected chi connectivity index (χ1v) is 7.42. The van der Waals surface area contributed by atoms with Crippen molar-refractivity contribution in [3.8, 4) is 12.3 Å². The molecule has 1 rings (SSSR count). The lowest BCUT2D eigenvalue weighted by molar-refractivity contribution is 0.564. The van der Waals surface area contributed by atoms with Gasteiger partial charge in [-0.2, -0.15) is 5.10 Å². The third kappa shape index (κ3) is 4.15. The van der Waals surface area contributed by atoms with Gasteiger partial charge in [0.2, 0.25) is 0 Å². The Morgan fingerprint density at radius 1 is 1.39 bits per heavy atom. The van der Waals surface area contributed by atoms with Crippen LogP contribution >= 0.6 is 15.9 Å². The van der Waals surface area contributed by atoms with Crippen molar-refractivity contribution in [2.45, 2.75) is 52.6 Å². The van der Waals surface area contributed by atoms with E-state index in [1.54, 1.807) is 0 Å². The molecular formula is C14H22BrN3. The summed E-state index contributed by atoms with van der Waals surface area (Å²) in [5.74, 6) is 2.67. The molecule has 0 aromatic carbocycles. The van der Waals surface area contributed by atoms with Crippen molar-refractivity contribution in [1.29, 1.82) is 0 Å². The molecule has 4 heteroatoms. The molecule has 0 atom stereocenters. The monoisotopic (exact) mass is 311 g/mol. The number of hydrogen-bond donors (Lipinski definition) is 1. The van der Waals surface area contributed by atoms with Gasteiger partial charge in [0.15, 0.2) is 0 Å². The largest absolute Gasteiger partial charge is 0.311 e. The predicted molar refractivity (Wildman–Crippen MR) is 79.4 cm³/mol. The highest BCUT2D eigenvalue weighted by Crippen LogP contribution is 2.22. The SMILES string of the molecule is C#CCCCCNCc1c(Br)c(CC)nn1CC. The van der Waals surface area contributed by atoms with Crippen LogP contribution in [0.3, 0.4) is 0 Å². The molecule has 0 spiro atoms. The zero-order chi connectivity index (χ0) is 13.4. The summed E-state index contributed by atoms with van der Waals surface area (Å²) >= 11 is 3.65. The lowest BCUT2D eigenvalue weighted by Gasteiger charge is -2.07. The van der Waals surface area contributed by atoms with Gasteiger partial charge < -0.3 is 5.32 Å². The average Bonchev–Trinajstić information content (AvgIpc) is 2.70. The van der Waals surface area contributed by atoms with Crippen molar-refractivity contribution in [1.82, 2.24) is 15.1 Å². The Morgan fingerprint density at radius 2 is 2.17 bits per heavy atom. The first-order valence-electron chi connectivity index (χ1n) is 6.62. The molecule has 0 aliphatic heterocycles. The predicted octanol–water partition coefficient (Wildman–Crippen LogP) is 3.12. The van der Waals surface area contributed by atoms with Gasteiger partial charge in [0, 0.05) is 19.5 Å². The van der Waals surface area contributed by atoms with E-state index >= 15 is 0 Å². The Bertz CT molecular complexity index is 404. The Morgan fingerprint density at radius 3 is 2.78 bits per heavy atom. The van der Waals surface area contributed by atoms with Crippen LogP contribution in [-0.4, -0.2) is 16.3 Å². The smallest absolute Gasteiger partial charge is 0.0767 e. The molecule has 3 nitrogen and oxygen atoms in total. The van der Waals surface area contributed by atoms with Gasteiger partial charge in [-0.25, -0.2) is 0 Å². The maximum atomic E-state index is 5.22. The van der Waals surface area contributed by atoms with Crippen LogP contribution in [0.25, 0.3) is 0 Å². The Labute approximate surface area is 118 Å². The molecule has 1 aromatic rings. The van der Waals surface area contributed by atoms with Gasteiger partial charge in [0.1, 0.15) is 0 Å². The summed E-state index contributed by atoms with van der Waals surface area (Å²) in [5, 5.41) is 8.03. The molecule has 1 heterocycles. The maximum absolute atomic E-state index is 5.22. The lowest BCUT2D eigenvalue weighted by Crippen LogP contribution is -2.18. The fourth-order valence-corrected chi connectivity index (χ4v) is 2.57. The highest BCUT2D eigenvalue weighted by molar-refractivity contribution is 9.10. The maximum Gasteiger partial charge on any atom is 0.0767 e. The molecule has 0 fully saturated rings. The number of aromatic nitrogens is 2. The first-order chi connectivity index (χ1) is 8.74. The van der Waals surface area contributed by atoms with Crippen molar-refractivity contribution in [2.24, 2.45) is 0 Å². The quantitative estimate of drug-likeness (QED) is 0.590. The van der Waals surface area contributed by atoms with E-state index in [-0.39, 0.29) is 0 Å². The molecular weight excluding hydrogens is 290 g/mol. The van der Waals surface area contributed by atoms with Crippen molar-refractivity contribution >= 4 is 15.9 Å². The molecule has 0 aliphatic carbocycles. The van der Waals surface area contributed by atoms with E-state index in [0.29, 0.717) is 0 Å². The Balaban J connectivity index is 2.46. The summed E-state index contributed by atoms with van der Waals surface area (Å²) in [4.78, 5) is 0. The van der Waals surface area contributed by atoms with E-state index in [2.05, 4.69) is 50.8 Å². The van der Waals surface area contributed by atoms with Crippen molar-refractivity contribution in [3.63, 3.8) is 0 Å². The minimum absolute atomic E-state index is 0.859. The molecule has 1 aromatic heterocycles. The van der Waals surface area contributed by atoms with E-state index in [1.165, 1.54) is 5.69 Å². The molecule has 18 heavy (non-hydrogen) atoms. The second kappa shape index (κ2) is 8.34. The number of nitrogens with one attached hydrogen (secondary N) is 1. The summed E-state index contributed by atoms with van der Waals surface area (Å²) in [6.07, 6.45) is 9.28. The Hall–Kier alpha value is -0.790. The molecule has 0 unspecified atom stereocenters. The fourth-order valence-electron chi connectivity index (χ4n) is 1.87. The van der Waals surface area contributed by atoms with Gasteiger partial charge in [-0.05, 0) is 48.7 Å². The topological polar surface area (TPSA) is 29.9 Å². The molecule has 0 aliphatic rings. The molecule has 0 saturated heterocycles. The van der Waals surface area contributed by atoms with Gasteiger partial charge in [-0.1, -0.05) is 6.92 Å². The molecule has 100 valence electrons. The van der Waals surface area contributed by atoms with Gasteiger partial charge in [0.25, 0.3) is 0 Å². The van der Waals surface area contributed by atoms with Crippen LogP contribution in [0.2, 0.25) is 0 Å². The molecule has 0 saturated carbocycles. The van der Waals surface area contributed by atoms with E-state index in [1.807, 2.05) is 0 Å². The zero-order valence-corrected chi connectivity index (χ0v) is 12.9. The summed E-state index contributed by atoms with van der Waals surface area (Å²) < 4.78 is 3.22. The number of terminal acetylenes is 1. The van der Waals surface area contributed by atoms with Gasteiger partial charge in [0.05, 0.1) is 15.9 Å². The number of unbranched alkanes of at least 4 members (excludes halogenated alkanes) is 2. The third-order valence-corrected chi connectivity index (χ3v) is 3.83. The zero-order valence-electron chi connectivity index (χ0n) is 11.3. The average molecular weight is 312 g/mol. The highest BCUT2D eigenvalue weighted by atomic mass is 79.9. The number of nitrogens with zero attached hydrogens (tertiary/aromatic N) is 2. The second-order valence-corrected chi connectivity index (χ2v) is 5.01. The van der Waals surface area contributed by atoms with Crippen LogP contribution in [0.5, 0.6) is 0 Å². The molecule has 1 N–H and O–H groups in total. The number of halogens is 1. The third-order valence-electron chi connectivity index (χ3n) is 2.91. The summed E-state index contributed by atoms with van der Waals surface area (Å²) in [5.41, 5.74) is 2.38. The van der Waals surface area contributed by atoms with E-state index in [9.17, 15) is 0 Å². The normalized spacial score (nSPS) is 10.6. The molecule has 0 amide bonds. The summed E-state index contributed by atoms with van der Waals surface area (Å²) in [6.45, 7) is 7.02. The van der Waals surface area contributed by atoms with E-state index < -0.39 is 0 Å². The minimum Gasteiger partial charge on any atom is -0.311 e. The van der Waals surface area contributed by atoms with Gasteiger partial charge in [-0.3, -0.25) is 4.68 Å². The van der Waals surface area contributed by atoms with E-state index in [4.69, 9.17) is 6.42 Å². The molecule has 0 bridgehead atoms. The number of hydrogen-bond acceptors (Lipinski definition) is 2. The fraction of sp³-hybridized carbons (Fsp3) is 0.643. The first kappa shape index (κ1) is 15.3. The van der Waals surface area contributed by atoms with Crippen molar-refractivity contribution in [2.75, 3.05) is 6.54 Å². The van der Waals surface area contributed by atoms with Crippen LogP contribution in [-0.2, 0) is 19.5 Å². The van der Waals surface area contributed by atoms with Crippen LogP contribution in [0, 0.1) is 12.3 Å². The van der Waals surface area contributed by atoms with Crippen molar-refractivity contribution < 1.29 is 0 Å². The van der Waals surface area contributed by atoms with Crippen LogP contribution in [0.15, 0.2) is 4.47 Å². The van der Waals surface area contributed by atoms with E-state index in [0.717, 1.165) is 55.5 Å². The van der Waals surface area contributed by atoms with Crippen LogP contribution in [0.4, 0.5) is 0 Å². The van der Waals surface area contributed by atoms with Crippen LogP contribution in [0.1, 0.15) is 44.5 Å². The second-order valence-electron chi connectivity index (χ2n) is 4.21. The van der Waals surface area contributed by atoms with Gasteiger partial charge in [-0.15, -0.1) is 12.3 Å². The number of rotatable bonds is 8. The highest BCUT2D eigenvalue weighted by Gasteiger charge is 2.12. The van der Waals surface area contributed by atoms with Crippen molar-refractivity contribution in [3.05, 3.63) is 15.9 Å². The van der Waals surface area contributed by atoms with Crippen LogP contribution < -0.4 is 5.32 Å². The standard InChI is InChI=1S/C14H22BrN3/c1-4-7-8-9-10-16-11-13-14(15)12(5-2)17-18(13)6-3/h1,16H,5-11H2,2-3H3.